The predicted octanol–water partition coefficient (Wildman–Crippen LogP) is 0.909. The Bertz CT molecular complexity index is 943. The van der Waals surface area contributed by atoms with E-state index in [0.717, 1.165) is 25.9 Å². The predicted molar refractivity (Wildman–Crippen MR) is 101 cm³/mol. The topological polar surface area (TPSA) is 99.8 Å². The number of sulfonamides is 1. The average molecular weight is 405 g/mol. The van der Waals surface area contributed by atoms with Gasteiger partial charge in [0.2, 0.25) is 15.9 Å². The van der Waals surface area contributed by atoms with Crippen molar-refractivity contribution in [2.45, 2.75) is 17.7 Å². The molecular weight excluding hydrogens is 382 g/mol. The Morgan fingerprint density at radius 3 is 2.25 bits per heavy atom. The number of benzene rings is 1. The maximum atomic E-state index is 12.6. The number of amides is 1. The van der Waals surface area contributed by atoms with Crippen molar-refractivity contribution in [2.24, 2.45) is 0 Å². The molecule has 0 N–H and O–H groups in total. The van der Waals surface area contributed by atoms with E-state index in [-0.39, 0.29) is 22.6 Å². The summed E-state index contributed by atoms with van der Waals surface area (Å²) in [6, 6.07) is 6.32. The van der Waals surface area contributed by atoms with Gasteiger partial charge in [0.1, 0.15) is 0 Å². The third-order valence-corrected chi connectivity index (χ3v) is 7.12. The Kier molecular flexibility index (Phi) is 5.17. The molecule has 0 unspecified atom stereocenters. The summed E-state index contributed by atoms with van der Waals surface area (Å²) in [4.78, 5) is 16.6. The molecule has 0 saturated carbocycles. The largest absolute Gasteiger partial charge is 0.412 e. The van der Waals surface area contributed by atoms with Crippen LogP contribution in [0.4, 0.5) is 0 Å². The molecule has 4 rings (SSSR count). The highest BCUT2D eigenvalue weighted by atomic mass is 32.2. The van der Waals surface area contributed by atoms with E-state index in [9.17, 15) is 13.2 Å². The van der Waals surface area contributed by atoms with Crippen LogP contribution in [-0.4, -0.2) is 84.9 Å². The molecule has 2 fully saturated rings. The summed E-state index contributed by atoms with van der Waals surface area (Å²) in [5.74, 6) is -0.129. The van der Waals surface area contributed by atoms with E-state index < -0.39 is 10.0 Å². The third-order valence-electron chi connectivity index (χ3n) is 5.20. The highest BCUT2D eigenvalue weighted by Gasteiger charge is 2.28. The summed E-state index contributed by atoms with van der Waals surface area (Å²) >= 11 is 0. The molecule has 1 aromatic carbocycles. The van der Waals surface area contributed by atoms with Crippen molar-refractivity contribution in [3.8, 4) is 11.5 Å². The molecule has 0 atom stereocenters. The zero-order chi connectivity index (χ0) is 19.7. The number of nitrogens with zero attached hydrogens (tertiary/aromatic N) is 5. The van der Waals surface area contributed by atoms with E-state index in [0.29, 0.717) is 31.7 Å². The maximum absolute atomic E-state index is 12.6. The highest BCUT2D eigenvalue weighted by Crippen LogP contribution is 2.24. The Balaban J connectivity index is 1.49. The molecule has 1 aromatic heterocycles. The molecule has 3 heterocycles. The second-order valence-electron chi connectivity index (χ2n) is 7.14. The maximum Gasteiger partial charge on any atom is 0.311 e. The van der Waals surface area contributed by atoms with Crippen LogP contribution < -0.4 is 0 Å². The lowest BCUT2D eigenvalue weighted by Crippen LogP contribution is -2.47. The third kappa shape index (κ3) is 3.67. The minimum atomic E-state index is -3.46. The van der Waals surface area contributed by atoms with Crippen LogP contribution in [0, 0.1) is 0 Å². The number of hydrogen-bond acceptors (Lipinski definition) is 7. The molecular formula is C18H23N5O4S. The Morgan fingerprint density at radius 1 is 0.964 bits per heavy atom. The van der Waals surface area contributed by atoms with Crippen LogP contribution in [0.3, 0.4) is 0 Å². The Morgan fingerprint density at radius 2 is 1.61 bits per heavy atom. The molecule has 0 bridgehead atoms. The van der Waals surface area contributed by atoms with Crippen LogP contribution in [-0.2, 0) is 10.0 Å². The SMILES string of the molecule is CN1CCN(C(=O)c2nnc(-c3ccc(S(=O)(=O)N4CCCC4)cc3)o2)CC1. The van der Waals surface area contributed by atoms with Gasteiger partial charge in [-0.25, -0.2) is 8.42 Å². The monoisotopic (exact) mass is 405 g/mol. The Labute approximate surface area is 164 Å². The summed E-state index contributed by atoms with van der Waals surface area (Å²) < 4.78 is 32.2. The van der Waals surface area contributed by atoms with Crippen molar-refractivity contribution in [2.75, 3.05) is 46.3 Å². The molecule has 2 aromatic rings. The molecule has 10 heteroatoms. The van der Waals surface area contributed by atoms with Crippen LogP contribution >= 0.6 is 0 Å². The van der Waals surface area contributed by atoms with Crippen molar-refractivity contribution in [1.29, 1.82) is 0 Å². The molecule has 0 radical (unpaired) electrons. The van der Waals surface area contributed by atoms with Gasteiger partial charge in [-0.15, -0.1) is 10.2 Å². The molecule has 1 amide bonds. The summed E-state index contributed by atoms with van der Waals surface area (Å²) in [6.07, 6.45) is 1.78. The zero-order valence-electron chi connectivity index (χ0n) is 15.7. The van der Waals surface area contributed by atoms with Crippen molar-refractivity contribution in [1.82, 2.24) is 24.3 Å². The van der Waals surface area contributed by atoms with Crippen molar-refractivity contribution in [3.63, 3.8) is 0 Å². The molecule has 2 aliphatic heterocycles. The standard InChI is InChI=1S/C18H23N5O4S/c1-21-10-12-22(13-11-21)18(24)17-20-19-16(27-17)14-4-6-15(7-5-14)28(25,26)23-8-2-3-9-23/h4-7H,2-3,8-13H2,1H3. The lowest BCUT2D eigenvalue weighted by Gasteiger charge is -2.31. The van der Waals surface area contributed by atoms with E-state index in [2.05, 4.69) is 15.1 Å². The highest BCUT2D eigenvalue weighted by molar-refractivity contribution is 7.89. The van der Waals surface area contributed by atoms with E-state index in [1.54, 1.807) is 17.0 Å². The average Bonchev–Trinajstić information content (AvgIpc) is 3.41. The quantitative estimate of drug-likeness (QED) is 0.745. The van der Waals surface area contributed by atoms with Gasteiger partial charge in [0.25, 0.3) is 0 Å². The molecule has 28 heavy (non-hydrogen) atoms. The first-order valence-electron chi connectivity index (χ1n) is 9.37. The first-order chi connectivity index (χ1) is 13.4. The summed E-state index contributed by atoms with van der Waals surface area (Å²) in [7, 11) is -1.45. The number of likely N-dealkylation sites (N-methyl/N-ethyl adjacent to an activating group) is 1. The summed E-state index contributed by atoms with van der Waals surface area (Å²) in [6.45, 7) is 3.97. The fourth-order valence-electron chi connectivity index (χ4n) is 3.42. The second kappa shape index (κ2) is 7.61. The molecule has 9 nitrogen and oxygen atoms in total. The summed E-state index contributed by atoms with van der Waals surface area (Å²) in [5.41, 5.74) is 0.574. The van der Waals surface area contributed by atoms with Gasteiger partial charge in [-0.05, 0) is 44.2 Å². The minimum absolute atomic E-state index is 0.0479. The van der Waals surface area contributed by atoms with Crippen LogP contribution in [0.2, 0.25) is 0 Å². The summed E-state index contributed by atoms with van der Waals surface area (Å²) in [5, 5.41) is 7.83. The zero-order valence-corrected chi connectivity index (χ0v) is 16.6. The van der Waals surface area contributed by atoms with Gasteiger partial charge < -0.3 is 14.2 Å². The van der Waals surface area contributed by atoms with Crippen LogP contribution in [0.25, 0.3) is 11.5 Å². The van der Waals surface area contributed by atoms with Gasteiger partial charge in [0, 0.05) is 44.8 Å². The van der Waals surface area contributed by atoms with Gasteiger partial charge in [0.15, 0.2) is 0 Å². The van der Waals surface area contributed by atoms with Crippen molar-refractivity contribution in [3.05, 3.63) is 30.2 Å². The number of piperazine rings is 1. The fourth-order valence-corrected chi connectivity index (χ4v) is 4.94. The van der Waals surface area contributed by atoms with Gasteiger partial charge in [-0.1, -0.05) is 0 Å². The second-order valence-corrected chi connectivity index (χ2v) is 9.08. The molecule has 150 valence electrons. The number of rotatable bonds is 4. The number of carbonyl (C=O) groups is 1. The van der Waals surface area contributed by atoms with E-state index >= 15 is 0 Å². The van der Waals surface area contributed by atoms with Gasteiger partial charge in [-0.3, -0.25) is 4.79 Å². The van der Waals surface area contributed by atoms with E-state index in [4.69, 9.17) is 4.42 Å². The first-order valence-corrected chi connectivity index (χ1v) is 10.8. The number of carbonyl (C=O) groups excluding carboxylic acids is 1. The first kappa shape index (κ1) is 19.0. The number of aromatic nitrogens is 2. The lowest BCUT2D eigenvalue weighted by molar-refractivity contribution is 0.0625. The van der Waals surface area contributed by atoms with Crippen LogP contribution in [0.5, 0.6) is 0 Å². The molecule has 0 aliphatic carbocycles. The minimum Gasteiger partial charge on any atom is -0.412 e. The number of hydrogen-bond donors (Lipinski definition) is 0. The normalized spacial score (nSPS) is 19.2. The van der Waals surface area contributed by atoms with E-state index in [1.807, 2.05) is 7.05 Å². The lowest BCUT2D eigenvalue weighted by atomic mass is 10.2. The van der Waals surface area contributed by atoms with Crippen molar-refractivity contribution >= 4 is 15.9 Å². The van der Waals surface area contributed by atoms with Crippen LogP contribution in [0.1, 0.15) is 23.5 Å². The van der Waals surface area contributed by atoms with Crippen molar-refractivity contribution < 1.29 is 17.6 Å². The molecule has 2 saturated heterocycles. The Hall–Kier alpha value is -2.30. The van der Waals surface area contributed by atoms with Gasteiger partial charge >= 0.3 is 11.8 Å². The van der Waals surface area contributed by atoms with Gasteiger partial charge in [0.05, 0.1) is 4.90 Å². The molecule has 2 aliphatic rings. The molecule has 0 spiro atoms. The van der Waals surface area contributed by atoms with E-state index in [1.165, 1.54) is 16.4 Å². The smallest absolute Gasteiger partial charge is 0.311 e. The van der Waals surface area contributed by atoms with Gasteiger partial charge in [-0.2, -0.15) is 4.31 Å². The fraction of sp³-hybridized carbons (Fsp3) is 0.500. The van der Waals surface area contributed by atoms with Crippen LogP contribution in [0.15, 0.2) is 33.6 Å².